The molecule has 2 fully saturated rings. The highest BCUT2D eigenvalue weighted by molar-refractivity contribution is 5.44. The van der Waals surface area contributed by atoms with Gasteiger partial charge in [-0.05, 0) is 37.8 Å². The fraction of sp³-hybridized carbons (Fsp3) is 0.647. The number of nitrogens with zero attached hydrogens (tertiary/aromatic N) is 1. The monoisotopic (exact) mass is 288 g/mol. The maximum Gasteiger partial charge on any atom is 0.127 e. The summed E-state index contributed by atoms with van der Waals surface area (Å²) in [4.78, 5) is 2.55. The lowest BCUT2D eigenvalue weighted by Gasteiger charge is -2.38. The van der Waals surface area contributed by atoms with Crippen LogP contribution in [-0.4, -0.2) is 43.3 Å². The number of ether oxygens (including phenoxy) is 2. The maximum atomic E-state index is 6.54. The lowest BCUT2D eigenvalue weighted by atomic mass is 9.94. The molecule has 1 aromatic carbocycles. The SMILES string of the molecule is NC(c1cccc2c1OCCC2)C1CN2CCCC2CO1. The van der Waals surface area contributed by atoms with Crippen LogP contribution in [0.25, 0.3) is 0 Å². The zero-order chi connectivity index (χ0) is 14.2. The smallest absolute Gasteiger partial charge is 0.127 e. The first-order valence-electron chi connectivity index (χ1n) is 8.19. The number of aryl methyl sites for hydroxylation is 1. The number of para-hydroxylation sites is 1. The molecule has 114 valence electrons. The average Bonchev–Trinajstić information content (AvgIpc) is 3.01. The molecule has 21 heavy (non-hydrogen) atoms. The summed E-state index contributed by atoms with van der Waals surface area (Å²) in [6, 6.07) is 6.88. The van der Waals surface area contributed by atoms with Gasteiger partial charge in [-0.2, -0.15) is 0 Å². The van der Waals surface area contributed by atoms with E-state index in [4.69, 9.17) is 15.2 Å². The molecule has 2 N–H and O–H groups in total. The van der Waals surface area contributed by atoms with Gasteiger partial charge >= 0.3 is 0 Å². The molecule has 1 aromatic rings. The molecule has 4 rings (SSSR count). The number of rotatable bonds is 2. The van der Waals surface area contributed by atoms with E-state index in [-0.39, 0.29) is 12.1 Å². The van der Waals surface area contributed by atoms with Crippen LogP contribution in [0.3, 0.4) is 0 Å². The topological polar surface area (TPSA) is 47.7 Å². The third-order valence-corrected chi connectivity index (χ3v) is 5.14. The number of nitrogens with two attached hydrogens (primary N) is 1. The fourth-order valence-corrected chi connectivity index (χ4v) is 3.94. The first-order valence-corrected chi connectivity index (χ1v) is 8.19. The fourth-order valence-electron chi connectivity index (χ4n) is 3.94. The molecule has 3 aliphatic rings. The Balaban J connectivity index is 1.56. The molecule has 4 nitrogen and oxygen atoms in total. The molecule has 0 aliphatic carbocycles. The minimum absolute atomic E-state index is 0.0800. The molecule has 0 radical (unpaired) electrons. The van der Waals surface area contributed by atoms with E-state index < -0.39 is 0 Å². The highest BCUT2D eigenvalue weighted by atomic mass is 16.5. The van der Waals surface area contributed by atoms with Gasteiger partial charge in [-0.25, -0.2) is 0 Å². The summed E-state index contributed by atoms with van der Waals surface area (Å²) in [5.41, 5.74) is 8.96. The van der Waals surface area contributed by atoms with Gasteiger partial charge in [-0.1, -0.05) is 18.2 Å². The predicted molar refractivity (Wildman–Crippen MR) is 81.5 cm³/mol. The summed E-state index contributed by atoms with van der Waals surface area (Å²) >= 11 is 0. The van der Waals surface area contributed by atoms with Crippen molar-refractivity contribution in [2.24, 2.45) is 5.73 Å². The normalized spacial score (nSPS) is 30.3. The largest absolute Gasteiger partial charge is 0.493 e. The van der Waals surface area contributed by atoms with Crippen molar-refractivity contribution in [2.75, 3.05) is 26.3 Å². The van der Waals surface area contributed by atoms with E-state index in [0.717, 1.165) is 43.9 Å². The second-order valence-corrected chi connectivity index (χ2v) is 6.48. The van der Waals surface area contributed by atoms with E-state index in [0.29, 0.717) is 6.04 Å². The van der Waals surface area contributed by atoms with Gasteiger partial charge in [0, 0.05) is 18.2 Å². The maximum absolute atomic E-state index is 6.54. The van der Waals surface area contributed by atoms with Crippen molar-refractivity contribution in [1.82, 2.24) is 4.90 Å². The van der Waals surface area contributed by atoms with E-state index in [1.807, 2.05) is 0 Å². The first kappa shape index (κ1) is 13.6. The van der Waals surface area contributed by atoms with Crippen LogP contribution in [0.4, 0.5) is 0 Å². The second kappa shape index (κ2) is 5.59. The van der Waals surface area contributed by atoms with Crippen LogP contribution < -0.4 is 10.5 Å². The summed E-state index contributed by atoms with van der Waals surface area (Å²) in [5.74, 6) is 1.02. The van der Waals surface area contributed by atoms with Gasteiger partial charge in [0.2, 0.25) is 0 Å². The first-order chi connectivity index (χ1) is 10.3. The summed E-state index contributed by atoms with van der Waals surface area (Å²) < 4.78 is 12.0. The van der Waals surface area contributed by atoms with Gasteiger partial charge in [0.25, 0.3) is 0 Å². The molecule has 0 spiro atoms. The molecule has 4 heteroatoms. The van der Waals surface area contributed by atoms with Crippen LogP contribution in [0.5, 0.6) is 5.75 Å². The average molecular weight is 288 g/mol. The molecule has 0 bridgehead atoms. The van der Waals surface area contributed by atoms with Crippen molar-refractivity contribution in [2.45, 2.75) is 43.9 Å². The Morgan fingerprint density at radius 3 is 3.19 bits per heavy atom. The van der Waals surface area contributed by atoms with E-state index in [1.54, 1.807) is 0 Å². The van der Waals surface area contributed by atoms with E-state index >= 15 is 0 Å². The van der Waals surface area contributed by atoms with Gasteiger partial charge in [0.15, 0.2) is 0 Å². The number of hydrogen-bond donors (Lipinski definition) is 1. The van der Waals surface area contributed by atoms with Crippen LogP contribution in [0.2, 0.25) is 0 Å². The lowest BCUT2D eigenvalue weighted by molar-refractivity contribution is -0.0600. The molecule has 2 saturated heterocycles. The standard InChI is InChI=1S/C17H24N2O2/c18-16(15-10-19-8-2-6-13(19)11-21-15)14-7-1-4-12-5-3-9-20-17(12)14/h1,4,7,13,15-16H,2-3,5-6,8-11,18H2. The van der Waals surface area contributed by atoms with E-state index in [1.165, 1.54) is 24.9 Å². The second-order valence-electron chi connectivity index (χ2n) is 6.48. The molecule has 3 unspecified atom stereocenters. The van der Waals surface area contributed by atoms with Crippen LogP contribution in [-0.2, 0) is 11.2 Å². The number of benzene rings is 1. The van der Waals surface area contributed by atoms with Crippen LogP contribution >= 0.6 is 0 Å². The molecule has 0 aromatic heterocycles. The third kappa shape index (κ3) is 2.45. The Labute approximate surface area is 126 Å². The van der Waals surface area contributed by atoms with Gasteiger partial charge in [0.1, 0.15) is 5.75 Å². The highest BCUT2D eigenvalue weighted by Gasteiger charge is 2.36. The van der Waals surface area contributed by atoms with E-state index in [2.05, 4.69) is 23.1 Å². The van der Waals surface area contributed by atoms with Crippen molar-refractivity contribution in [3.8, 4) is 5.75 Å². The van der Waals surface area contributed by atoms with E-state index in [9.17, 15) is 0 Å². The Kier molecular flexibility index (Phi) is 3.61. The zero-order valence-corrected chi connectivity index (χ0v) is 12.5. The summed E-state index contributed by atoms with van der Waals surface area (Å²) in [6.07, 6.45) is 4.83. The van der Waals surface area contributed by atoms with Crippen LogP contribution in [0.15, 0.2) is 18.2 Å². The minimum atomic E-state index is -0.0976. The summed E-state index contributed by atoms with van der Waals surface area (Å²) in [6.45, 7) is 3.78. The Hall–Kier alpha value is -1.10. The van der Waals surface area contributed by atoms with Gasteiger partial charge in [-0.3, -0.25) is 4.90 Å². The molecule has 3 heterocycles. The quantitative estimate of drug-likeness (QED) is 0.902. The molecule has 3 aliphatic heterocycles. The summed E-state index contributed by atoms with van der Waals surface area (Å²) in [7, 11) is 0. The molecule has 0 amide bonds. The van der Waals surface area contributed by atoms with Crippen molar-refractivity contribution in [3.63, 3.8) is 0 Å². The number of hydrogen-bond acceptors (Lipinski definition) is 4. The summed E-state index contributed by atoms with van der Waals surface area (Å²) in [5, 5.41) is 0. The van der Waals surface area contributed by atoms with Crippen LogP contribution in [0, 0.1) is 0 Å². The van der Waals surface area contributed by atoms with Crippen LogP contribution in [0.1, 0.15) is 36.4 Å². The molecule has 3 atom stereocenters. The zero-order valence-electron chi connectivity index (χ0n) is 12.5. The number of morpholine rings is 1. The van der Waals surface area contributed by atoms with Gasteiger partial charge in [-0.15, -0.1) is 0 Å². The van der Waals surface area contributed by atoms with Crippen molar-refractivity contribution in [3.05, 3.63) is 29.3 Å². The molecule has 0 saturated carbocycles. The Morgan fingerprint density at radius 2 is 2.24 bits per heavy atom. The van der Waals surface area contributed by atoms with Crippen molar-refractivity contribution >= 4 is 0 Å². The van der Waals surface area contributed by atoms with Gasteiger partial charge < -0.3 is 15.2 Å². The predicted octanol–water partition coefficient (Wildman–Crippen LogP) is 1.87. The lowest BCUT2D eigenvalue weighted by Crippen LogP contribution is -2.49. The molecular formula is C17H24N2O2. The Morgan fingerprint density at radius 1 is 1.29 bits per heavy atom. The number of fused-ring (bicyclic) bond motifs is 2. The highest BCUT2D eigenvalue weighted by Crippen LogP contribution is 2.35. The van der Waals surface area contributed by atoms with Gasteiger partial charge in [0.05, 0.1) is 25.4 Å². The minimum Gasteiger partial charge on any atom is -0.493 e. The molecular weight excluding hydrogens is 264 g/mol. The third-order valence-electron chi connectivity index (χ3n) is 5.14. The van der Waals surface area contributed by atoms with Crippen molar-refractivity contribution in [1.29, 1.82) is 0 Å². The van der Waals surface area contributed by atoms with Crippen molar-refractivity contribution < 1.29 is 9.47 Å². The Bertz CT molecular complexity index is 520.